The van der Waals surface area contributed by atoms with E-state index in [4.69, 9.17) is 0 Å². The number of piperidine rings is 1. The molecule has 20 heavy (non-hydrogen) atoms. The Labute approximate surface area is 120 Å². The zero-order valence-corrected chi connectivity index (χ0v) is 12.2. The number of hydrogen-bond acceptors (Lipinski definition) is 3. The van der Waals surface area contributed by atoms with Gasteiger partial charge in [-0.1, -0.05) is 18.2 Å². The number of aliphatic hydroxyl groups is 1. The molecule has 2 N–H and O–H groups in total. The van der Waals surface area contributed by atoms with Gasteiger partial charge in [0.1, 0.15) is 5.82 Å². The van der Waals surface area contributed by atoms with Crippen molar-refractivity contribution in [3.8, 4) is 0 Å². The number of hydrogen-bond donors (Lipinski definition) is 2. The molecule has 1 fully saturated rings. The van der Waals surface area contributed by atoms with Gasteiger partial charge in [-0.2, -0.15) is 0 Å². The number of halogens is 1. The van der Waals surface area contributed by atoms with Crippen molar-refractivity contribution in [3.05, 3.63) is 35.6 Å². The van der Waals surface area contributed by atoms with Gasteiger partial charge in [-0.25, -0.2) is 4.39 Å². The van der Waals surface area contributed by atoms with Crippen molar-refractivity contribution in [2.24, 2.45) is 5.92 Å². The van der Waals surface area contributed by atoms with Gasteiger partial charge in [0.15, 0.2) is 0 Å². The van der Waals surface area contributed by atoms with E-state index < -0.39 is 0 Å². The van der Waals surface area contributed by atoms with E-state index in [-0.39, 0.29) is 11.9 Å². The standard InChI is InChI=1S/C16H25FN2O/c1-13(20)12-19-8-6-14(7-9-19)10-18-11-15-4-2-3-5-16(15)17/h2-5,13-14,18,20H,6-12H2,1H3/t13-/m0/s1. The lowest BCUT2D eigenvalue weighted by Crippen LogP contribution is -2.40. The summed E-state index contributed by atoms with van der Waals surface area (Å²) in [6.45, 7) is 6.25. The summed E-state index contributed by atoms with van der Waals surface area (Å²) in [6, 6.07) is 6.92. The number of nitrogens with zero attached hydrogens (tertiary/aromatic N) is 1. The van der Waals surface area contributed by atoms with E-state index in [1.54, 1.807) is 6.07 Å². The highest BCUT2D eigenvalue weighted by Crippen LogP contribution is 2.16. The molecule has 0 radical (unpaired) electrons. The maximum Gasteiger partial charge on any atom is 0.127 e. The predicted molar refractivity (Wildman–Crippen MR) is 79.0 cm³/mol. The average molecular weight is 280 g/mol. The van der Waals surface area contributed by atoms with Gasteiger partial charge in [0.25, 0.3) is 0 Å². The Morgan fingerprint density at radius 1 is 1.35 bits per heavy atom. The number of likely N-dealkylation sites (tertiary alicyclic amines) is 1. The molecule has 2 rings (SSSR count). The Kier molecular flexibility index (Phi) is 5.95. The Morgan fingerprint density at radius 3 is 2.70 bits per heavy atom. The summed E-state index contributed by atoms with van der Waals surface area (Å²) < 4.78 is 13.5. The third-order valence-corrected chi connectivity index (χ3v) is 3.94. The van der Waals surface area contributed by atoms with Crippen molar-refractivity contribution < 1.29 is 9.50 Å². The van der Waals surface area contributed by atoms with Crippen molar-refractivity contribution in [2.75, 3.05) is 26.2 Å². The van der Waals surface area contributed by atoms with Crippen molar-refractivity contribution in [1.29, 1.82) is 0 Å². The topological polar surface area (TPSA) is 35.5 Å². The largest absolute Gasteiger partial charge is 0.392 e. The second-order valence-electron chi connectivity index (χ2n) is 5.82. The number of rotatable bonds is 6. The second-order valence-corrected chi connectivity index (χ2v) is 5.82. The van der Waals surface area contributed by atoms with Crippen LogP contribution in [0.2, 0.25) is 0 Å². The molecule has 4 heteroatoms. The van der Waals surface area contributed by atoms with Gasteiger partial charge < -0.3 is 15.3 Å². The molecule has 1 aliphatic rings. The molecule has 0 amide bonds. The molecule has 0 unspecified atom stereocenters. The fourth-order valence-electron chi connectivity index (χ4n) is 2.80. The molecule has 0 saturated carbocycles. The maximum absolute atomic E-state index is 13.5. The van der Waals surface area contributed by atoms with Crippen LogP contribution in [0.25, 0.3) is 0 Å². The Bertz CT molecular complexity index is 403. The zero-order chi connectivity index (χ0) is 14.4. The molecule has 1 atom stereocenters. The van der Waals surface area contributed by atoms with E-state index in [0.29, 0.717) is 12.5 Å². The third kappa shape index (κ3) is 4.85. The fraction of sp³-hybridized carbons (Fsp3) is 0.625. The van der Waals surface area contributed by atoms with Crippen LogP contribution in [-0.4, -0.2) is 42.3 Å². The van der Waals surface area contributed by atoms with E-state index >= 15 is 0 Å². The molecule has 112 valence electrons. The van der Waals surface area contributed by atoms with Crippen LogP contribution in [0, 0.1) is 11.7 Å². The normalized spacial score (nSPS) is 19.1. The van der Waals surface area contributed by atoms with E-state index in [0.717, 1.165) is 44.6 Å². The second kappa shape index (κ2) is 7.72. The number of β-amino-alcohol motifs (C(OH)–C–C–N with tert-alkyl or cyclic N) is 1. The summed E-state index contributed by atoms with van der Waals surface area (Å²) in [5, 5.41) is 12.7. The highest BCUT2D eigenvalue weighted by Gasteiger charge is 2.19. The molecule has 1 aromatic carbocycles. The molecule has 1 aromatic rings. The highest BCUT2D eigenvalue weighted by molar-refractivity contribution is 5.16. The van der Waals surface area contributed by atoms with Crippen molar-refractivity contribution >= 4 is 0 Å². The van der Waals surface area contributed by atoms with Crippen molar-refractivity contribution in [3.63, 3.8) is 0 Å². The lowest BCUT2D eigenvalue weighted by atomic mass is 9.96. The van der Waals surface area contributed by atoms with E-state index in [1.165, 1.54) is 6.07 Å². The molecule has 1 aliphatic heterocycles. The van der Waals surface area contributed by atoms with E-state index in [1.807, 2.05) is 19.1 Å². The Hall–Kier alpha value is -0.970. The third-order valence-electron chi connectivity index (χ3n) is 3.94. The number of nitrogens with one attached hydrogen (secondary N) is 1. The predicted octanol–water partition coefficient (Wildman–Crippen LogP) is 2.01. The van der Waals surface area contributed by atoms with Crippen LogP contribution in [0.1, 0.15) is 25.3 Å². The van der Waals surface area contributed by atoms with Gasteiger partial charge in [-0.3, -0.25) is 0 Å². The zero-order valence-electron chi connectivity index (χ0n) is 12.2. The van der Waals surface area contributed by atoms with Crippen LogP contribution >= 0.6 is 0 Å². The smallest absolute Gasteiger partial charge is 0.127 e. The minimum Gasteiger partial charge on any atom is -0.392 e. The van der Waals surface area contributed by atoms with Gasteiger partial charge in [0, 0.05) is 18.7 Å². The molecule has 1 saturated heterocycles. The van der Waals surface area contributed by atoms with Gasteiger partial charge in [0.2, 0.25) is 0 Å². The molecular weight excluding hydrogens is 255 g/mol. The maximum atomic E-state index is 13.5. The lowest BCUT2D eigenvalue weighted by Gasteiger charge is -2.32. The van der Waals surface area contributed by atoms with Crippen LogP contribution in [0.3, 0.4) is 0 Å². The quantitative estimate of drug-likeness (QED) is 0.837. The van der Waals surface area contributed by atoms with Crippen molar-refractivity contribution in [2.45, 2.75) is 32.4 Å². The summed E-state index contributed by atoms with van der Waals surface area (Å²) in [5.41, 5.74) is 0.735. The lowest BCUT2D eigenvalue weighted by molar-refractivity contribution is 0.0998. The molecule has 3 nitrogen and oxygen atoms in total. The molecule has 1 heterocycles. The summed E-state index contributed by atoms with van der Waals surface area (Å²) in [4.78, 5) is 2.32. The average Bonchev–Trinajstić information content (AvgIpc) is 2.42. The SMILES string of the molecule is C[C@H](O)CN1CCC(CNCc2ccccc2F)CC1. The van der Waals surface area contributed by atoms with Gasteiger partial charge in [0.05, 0.1) is 6.10 Å². The summed E-state index contributed by atoms with van der Waals surface area (Å²) in [5.74, 6) is 0.527. The molecular formula is C16H25FN2O. The Balaban J connectivity index is 1.65. The minimum absolute atomic E-state index is 0.133. The number of aliphatic hydroxyl groups excluding tert-OH is 1. The first-order valence-corrected chi connectivity index (χ1v) is 7.49. The summed E-state index contributed by atoms with van der Waals surface area (Å²) >= 11 is 0. The summed E-state index contributed by atoms with van der Waals surface area (Å²) in [7, 11) is 0. The van der Waals surface area contributed by atoms with Crippen LogP contribution in [0.4, 0.5) is 4.39 Å². The molecule has 0 aromatic heterocycles. The van der Waals surface area contributed by atoms with Gasteiger partial charge in [-0.15, -0.1) is 0 Å². The van der Waals surface area contributed by atoms with E-state index in [9.17, 15) is 9.50 Å². The Morgan fingerprint density at radius 2 is 2.05 bits per heavy atom. The number of benzene rings is 1. The molecule has 0 aliphatic carbocycles. The van der Waals surface area contributed by atoms with Crippen LogP contribution in [-0.2, 0) is 6.54 Å². The first-order valence-electron chi connectivity index (χ1n) is 7.49. The van der Waals surface area contributed by atoms with Crippen LogP contribution in [0.5, 0.6) is 0 Å². The fourth-order valence-corrected chi connectivity index (χ4v) is 2.80. The monoisotopic (exact) mass is 280 g/mol. The van der Waals surface area contributed by atoms with Crippen LogP contribution < -0.4 is 5.32 Å². The summed E-state index contributed by atoms with van der Waals surface area (Å²) in [6.07, 6.45) is 2.05. The van der Waals surface area contributed by atoms with Gasteiger partial charge >= 0.3 is 0 Å². The minimum atomic E-state index is -0.245. The van der Waals surface area contributed by atoms with E-state index in [2.05, 4.69) is 10.2 Å². The first kappa shape index (κ1) is 15.4. The van der Waals surface area contributed by atoms with Crippen molar-refractivity contribution in [1.82, 2.24) is 10.2 Å². The van der Waals surface area contributed by atoms with Crippen LogP contribution in [0.15, 0.2) is 24.3 Å². The molecule has 0 bridgehead atoms. The molecule has 0 spiro atoms. The first-order chi connectivity index (χ1) is 9.65. The van der Waals surface area contributed by atoms with Gasteiger partial charge in [-0.05, 0) is 51.4 Å². The highest BCUT2D eigenvalue weighted by atomic mass is 19.1.